The topological polar surface area (TPSA) is 77.6 Å². The minimum absolute atomic E-state index is 0.107. The number of nitrogen functional groups attached to an aromatic ring is 1. The molecule has 0 fully saturated rings. The highest BCUT2D eigenvalue weighted by atomic mass is 79.9. The Bertz CT molecular complexity index is 349. The van der Waals surface area contributed by atoms with Gasteiger partial charge in [-0.05, 0) is 15.9 Å². The number of hydrogen-bond acceptors (Lipinski definition) is 6. The van der Waals surface area contributed by atoms with Crippen LogP contribution in [0.4, 0.5) is 5.13 Å². The van der Waals surface area contributed by atoms with Crippen LogP contribution in [-0.4, -0.2) is 22.5 Å². The highest BCUT2D eigenvalue weighted by Crippen LogP contribution is 2.13. The minimum atomic E-state index is -0.389. The lowest BCUT2D eigenvalue weighted by Crippen LogP contribution is -2.10. The van der Waals surface area contributed by atoms with Crippen molar-refractivity contribution in [3.63, 3.8) is 0 Å². The smallest absolute Gasteiger partial charge is 0.251 e. The second-order valence-corrected chi connectivity index (χ2v) is 3.58. The van der Waals surface area contributed by atoms with Gasteiger partial charge in [-0.25, -0.2) is 4.98 Å². The highest BCUT2D eigenvalue weighted by molar-refractivity contribution is 9.19. The van der Waals surface area contributed by atoms with Crippen molar-refractivity contribution in [1.82, 2.24) is 4.98 Å². The SMILES string of the molecule is CON=C(C(=O)Br)c1csc(N)n1. The van der Waals surface area contributed by atoms with E-state index in [1.807, 2.05) is 0 Å². The Labute approximate surface area is 86.7 Å². The lowest BCUT2D eigenvalue weighted by Gasteiger charge is -1.94. The van der Waals surface area contributed by atoms with Crippen LogP contribution in [0.2, 0.25) is 0 Å². The Morgan fingerprint density at radius 1 is 1.85 bits per heavy atom. The second kappa shape index (κ2) is 4.33. The zero-order chi connectivity index (χ0) is 9.84. The molecule has 0 aliphatic carbocycles. The maximum atomic E-state index is 11.0. The average molecular weight is 264 g/mol. The van der Waals surface area contributed by atoms with Crippen molar-refractivity contribution in [3.8, 4) is 0 Å². The molecule has 0 saturated heterocycles. The lowest BCUT2D eigenvalue weighted by molar-refractivity contribution is -0.105. The summed E-state index contributed by atoms with van der Waals surface area (Å²) in [5, 5.41) is 5.53. The number of halogens is 1. The van der Waals surface area contributed by atoms with E-state index in [2.05, 4.69) is 30.9 Å². The van der Waals surface area contributed by atoms with E-state index in [0.717, 1.165) is 0 Å². The van der Waals surface area contributed by atoms with Gasteiger partial charge in [-0.3, -0.25) is 4.79 Å². The summed E-state index contributed by atoms with van der Waals surface area (Å²) in [7, 11) is 1.35. The molecule has 0 unspecified atom stereocenters. The highest BCUT2D eigenvalue weighted by Gasteiger charge is 2.14. The van der Waals surface area contributed by atoms with Crippen LogP contribution in [0.1, 0.15) is 5.69 Å². The minimum Gasteiger partial charge on any atom is -0.398 e. The third kappa shape index (κ3) is 2.49. The Hall–Kier alpha value is -0.950. The molecule has 13 heavy (non-hydrogen) atoms. The van der Waals surface area contributed by atoms with Crippen LogP contribution in [0.3, 0.4) is 0 Å². The van der Waals surface area contributed by atoms with Crippen LogP contribution >= 0.6 is 27.3 Å². The molecule has 0 saturated carbocycles. The zero-order valence-electron chi connectivity index (χ0n) is 6.65. The number of oxime groups is 1. The predicted molar refractivity (Wildman–Crippen MR) is 54.0 cm³/mol. The number of nitrogens with zero attached hydrogens (tertiary/aromatic N) is 2. The fourth-order valence-corrected chi connectivity index (χ4v) is 1.49. The first-order valence-corrected chi connectivity index (χ1v) is 4.84. The van der Waals surface area contributed by atoms with Crippen LogP contribution in [0.25, 0.3) is 0 Å². The Morgan fingerprint density at radius 2 is 2.54 bits per heavy atom. The molecule has 1 rings (SSSR count). The number of rotatable bonds is 3. The number of hydrogen-bond donors (Lipinski definition) is 1. The summed E-state index contributed by atoms with van der Waals surface area (Å²) < 4.78 is -0.389. The molecule has 0 spiro atoms. The Kier molecular flexibility index (Phi) is 3.38. The first kappa shape index (κ1) is 10.1. The predicted octanol–water partition coefficient (Wildman–Crippen LogP) is 0.997. The number of thiazole rings is 1. The molecule has 2 N–H and O–H groups in total. The van der Waals surface area contributed by atoms with E-state index in [-0.39, 0.29) is 10.4 Å². The quantitative estimate of drug-likeness (QED) is 0.502. The van der Waals surface area contributed by atoms with Crippen molar-refractivity contribution in [1.29, 1.82) is 0 Å². The van der Waals surface area contributed by atoms with Gasteiger partial charge in [0.15, 0.2) is 10.8 Å². The molecular weight excluding hydrogens is 258 g/mol. The molecule has 7 heteroatoms. The molecule has 0 aliphatic heterocycles. The summed E-state index contributed by atoms with van der Waals surface area (Å²) in [5.74, 6) is 0. The van der Waals surface area contributed by atoms with E-state index >= 15 is 0 Å². The molecule has 0 radical (unpaired) electrons. The van der Waals surface area contributed by atoms with Crippen molar-refractivity contribution < 1.29 is 9.63 Å². The van der Waals surface area contributed by atoms with Gasteiger partial charge in [0.2, 0.25) is 0 Å². The number of aromatic nitrogens is 1. The summed E-state index contributed by atoms with van der Waals surface area (Å²) >= 11 is 4.00. The van der Waals surface area contributed by atoms with E-state index in [4.69, 9.17) is 5.73 Å². The van der Waals surface area contributed by atoms with Crippen LogP contribution in [-0.2, 0) is 9.63 Å². The molecule has 0 amide bonds. The zero-order valence-corrected chi connectivity index (χ0v) is 9.05. The molecule has 70 valence electrons. The molecule has 1 aromatic heterocycles. The molecule has 1 aromatic rings. The normalized spacial score (nSPS) is 11.4. The van der Waals surface area contributed by atoms with Crippen molar-refractivity contribution in [2.24, 2.45) is 5.16 Å². The average Bonchev–Trinajstić information content (AvgIpc) is 2.46. The largest absolute Gasteiger partial charge is 0.398 e. The van der Waals surface area contributed by atoms with Crippen LogP contribution in [0.15, 0.2) is 10.5 Å². The fourth-order valence-electron chi connectivity index (χ4n) is 0.671. The number of carbonyl (C=O) groups is 1. The summed E-state index contributed by atoms with van der Waals surface area (Å²) in [6, 6.07) is 0. The summed E-state index contributed by atoms with van der Waals surface area (Å²) in [6.45, 7) is 0. The maximum Gasteiger partial charge on any atom is 0.251 e. The molecule has 5 nitrogen and oxygen atoms in total. The van der Waals surface area contributed by atoms with Gasteiger partial charge in [-0.1, -0.05) is 5.16 Å². The third-order valence-electron chi connectivity index (χ3n) is 1.13. The number of anilines is 1. The second-order valence-electron chi connectivity index (χ2n) is 1.97. The van der Waals surface area contributed by atoms with Gasteiger partial charge in [-0.2, -0.15) is 0 Å². The van der Waals surface area contributed by atoms with E-state index in [9.17, 15) is 4.79 Å². The summed E-state index contributed by atoms with van der Waals surface area (Å²) in [4.78, 5) is 19.3. The molecule has 1 heterocycles. The van der Waals surface area contributed by atoms with Crippen molar-refractivity contribution in [3.05, 3.63) is 11.1 Å². The van der Waals surface area contributed by atoms with E-state index in [1.165, 1.54) is 18.4 Å². The molecule has 0 atom stereocenters. The van der Waals surface area contributed by atoms with E-state index in [1.54, 1.807) is 5.38 Å². The maximum absolute atomic E-state index is 11.0. The van der Waals surface area contributed by atoms with Crippen LogP contribution in [0, 0.1) is 0 Å². The van der Waals surface area contributed by atoms with Gasteiger partial charge in [0.05, 0.1) is 0 Å². The van der Waals surface area contributed by atoms with E-state index < -0.39 is 0 Å². The van der Waals surface area contributed by atoms with Gasteiger partial charge < -0.3 is 10.6 Å². The van der Waals surface area contributed by atoms with Gasteiger partial charge in [0.25, 0.3) is 4.69 Å². The molecule has 0 aliphatic rings. The third-order valence-corrected chi connectivity index (χ3v) is 2.18. The van der Waals surface area contributed by atoms with Gasteiger partial charge in [0, 0.05) is 5.38 Å². The van der Waals surface area contributed by atoms with Crippen molar-refractivity contribution in [2.45, 2.75) is 0 Å². The first-order chi connectivity index (χ1) is 6.15. The first-order valence-electron chi connectivity index (χ1n) is 3.17. The molecule has 0 aromatic carbocycles. The van der Waals surface area contributed by atoms with Crippen molar-refractivity contribution in [2.75, 3.05) is 12.8 Å². The Balaban J connectivity index is 3.02. The summed E-state index contributed by atoms with van der Waals surface area (Å²) in [5.41, 5.74) is 5.91. The molecular formula is C6H6BrN3O2S. The van der Waals surface area contributed by atoms with Gasteiger partial charge in [0.1, 0.15) is 12.8 Å². The van der Waals surface area contributed by atoms with E-state index in [0.29, 0.717) is 10.8 Å². The number of carbonyl (C=O) groups excluding carboxylic acids is 1. The fraction of sp³-hybridized carbons (Fsp3) is 0.167. The van der Waals surface area contributed by atoms with Crippen molar-refractivity contribution >= 4 is 42.8 Å². The van der Waals surface area contributed by atoms with Crippen LogP contribution in [0.5, 0.6) is 0 Å². The molecule has 0 bridgehead atoms. The Morgan fingerprint density at radius 3 is 2.92 bits per heavy atom. The lowest BCUT2D eigenvalue weighted by atomic mass is 10.3. The van der Waals surface area contributed by atoms with Gasteiger partial charge in [-0.15, -0.1) is 11.3 Å². The van der Waals surface area contributed by atoms with Gasteiger partial charge >= 0.3 is 0 Å². The number of nitrogens with two attached hydrogens (primary N) is 1. The monoisotopic (exact) mass is 263 g/mol. The van der Waals surface area contributed by atoms with Crippen LogP contribution < -0.4 is 5.73 Å². The summed E-state index contributed by atoms with van der Waals surface area (Å²) in [6.07, 6.45) is 0. The standard InChI is InChI=1S/C6H6BrN3O2S/c1-12-10-4(5(7)11)3-2-13-6(8)9-3/h2H,1H3,(H2,8,9).